The summed E-state index contributed by atoms with van der Waals surface area (Å²) in [6.45, 7) is 15.3. The maximum Gasteiger partial charge on any atom is 0.407 e. The van der Waals surface area contributed by atoms with Crippen LogP contribution < -0.4 is 10.6 Å². The van der Waals surface area contributed by atoms with Crippen molar-refractivity contribution >= 4 is 36.0 Å². The maximum atomic E-state index is 11.6. The van der Waals surface area contributed by atoms with Crippen LogP contribution in [0.15, 0.2) is 4.99 Å². The van der Waals surface area contributed by atoms with Crippen molar-refractivity contribution in [3.8, 4) is 0 Å². The summed E-state index contributed by atoms with van der Waals surface area (Å²) in [4.78, 5) is 18.5. The minimum atomic E-state index is -0.470. The molecule has 1 saturated carbocycles. The Morgan fingerprint density at radius 2 is 1.81 bits per heavy atom. The zero-order chi connectivity index (χ0) is 23.3. The third-order valence-corrected chi connectivity index (χ3v) is 6.88. The largest absolute Gasteiger partial charge is 0.444 e. The Kier molecular flexibility index (Phi) is 11.0. The van der Waals surface area contributed by atoms with Crippen molar-refractivity contribution in [1.29, 1.82) is 0 Å². The minimum absolute atomic E-state index is 0. The molecule has 0 radical (unpaired) electrons. The number of aliphatic imine (C=N–C) groups is 1. The molecule has 0 bridgehead atoms. The standard InChI is InChI=1S/C23H44N4O4.HI/c1-21(2,3)31-20(28)25-12-9-15-30-17-10-13-27(14-11-17)19(24-7)26-18-16-23(6,29-8)22(18,4)5;/h17-18H,9-16H2,1-8H3,(H,24,26)(H,25,28);1H. The fourth-order valence-corrected chi connectivity index (χ4v) is 4.24. The minimum Gasteiger partial charge on any atom is -0.444 e. The highest BCUT2D eigenvalue weighted by atomic mass is 127. The lowest BCUT2D eigenvalue weighted by molar-refractivity contribution is -0.177. The van der Waals surface area contributed by atoms with E-state index in [0.29, 0.717) is 19.2 Å². The van der Waals surface area contributed by atoms with Crippen LogP contribution in [-0.2, 0) is 14.2 Å². The number of rotatable bonds is 7. The predicted molar refractivity (Wildman–Crippen MR) is 139 cm³/mol. The fraction of sp³-hybridized carbons (Fsp3) is 0.913. The smallest absolute Gasteiger partial charge is 0.407 e. The number of nitrogens with one attached hydrogen (secondary N) is 2. The van der Waals surface area contributed by atoms with Gasteiger partial charge in [-0.05, 0) is 53.4 Å². The molecule has 8 nitrogen and oxygen atoms in total. The number of halogens is 1. The van der Waals surface area contributed by atoms with Gasteiger partial charge in [-0.3, -0.25) is 4.99 Å². The average molecular weight is 569 g/mol. The topological polar surface area (TPSA) is 84.4 Å². The first-order valence-electron chi connectivity index (χ1n) is 11.5. The Morgan fingerprint density at radius 1 is 1.19 bits per heavy atom. The zero-order valence-corrected chi connectivity index (χ0v) is 23.6. The van der Waals surface area contributed by atoms with E-state index in [9.17, 15) is 4.79 Å². The number of guanidine groups is 1. The van der Waals surface area contributed by atoms with Gasteiger partial charge in [0.1, 0.15) is 5.60 Å². The van der Waals surface area contributed by atoms with Gasteiger partial charge >= 0.3 is 6.09 Å². The van der Waals surface area contributed by atoms with Crippen LogP contribution in [0.4, 0.5) is 4.79 Å². The summed E-state index contributed by atoms with van der Waals surface area (Å²) < 4.78 is 17.0. The molecule has 1 amide bonds. The Bertz CT molecular complexity index is 630. The molecule has 2 fully saturated rings. The molecule has 2 rings (SSSR count). The molecule has 2 aliphatic rings. The first-order chi connectivity index (χ1) is 14.4. The first kappa shape index (κ1) is 29.2. The van der Waals surface area contributed by atoms with Gasteiger partial charge in [0.05, 0.1) is 11.7 Å². The highest BCUT2D eigenvalue weighted by Gasteiger charge is 2.58. The van der Waals surface area contributed by atoms with E-state index >= 15 is 0 Å². The molecule has 0 aromatic heterocycles. The van der Waals surface area contributed by atoms with Crippen LogP contribution in [0.5, 0.6) is 0 Å². The maximum absolute atomic E-state index is 11.6. The lowest BCUT2D eigenvalue weighted by atomic mass is 9.56. The Hall–Kier alpha value is -0.810. The molecular formula is C23H45IN4O4. The molecule has 1 saturated heterocycles. The molecule has 1 aliphatic carbocycles. The highest BCUT2D eigenvalue weighted by molar-refractivity contribution is 14.0. The average Bonchev–Trinajstić information content (AvgIpc) is 2.69. The molecule has 1 aliphatic heterocycles. The lowest BCUT2D eigenvalue weighted by Gasteiger charge is -2.59. The highest BCUT2D eigenvalue weighted by Crippen LogP contribution is 2.51. The third-order valence-electron chi connectivity index (χ3n) is 6.88. The quantitative estimate of drug-likeness (QED) is 0.211. The SMILES string of the molecule is CN=C(NC1CC(C)(OC)C1(C)C)N1CCC(OCCCNC(=O)OC(C)(C)C)CC1.I. The van der Waals surface area contributed by atoms with E-state index in [1.54, 1.807) is 7.11 Å². The van der Waals surface area contributed by atoms with Crippen LogP contribution in [0.2, 0.25) is 0 Å². The van der Waals surface area contributed by atoms with Crippen molar-refractivity contribution in [2.45, 2.75) is 90.6 Å². The van der Waals surface area contributed by atoms with Crippen molar-refractivity contribution in [2.24, 2.45) is 10.4 Å². The number of alkyl carbamates (subject to hydrolysis) is 1. The van der Waals surface area contributed by atoms with Gasteiger partial charge in [0.15, 0.2) is 5.96 Å². The molecule has 1 heterocycles. The number of ether oxygens (including phenoxy) is 3. The molecule has 188 valence electrons. The zero-order valence-electron chi connectivity index (χ0n) is 21.2. The first-order valence-corrected chi connectivity index (χ1v) is 11.5. The van der Waals surface area contributed by atoms with E-state index in [0.717, 1.165) is 44.7 Å². The lowest BCUT2D eigenvalue weighted by Crippen LogP contribution is -2.69. The van der Waals surface area contributed by atoms with Gasteiger partial charge < -0.3 is 29.7 Å². The summed E-state index contributed by atoms with van der Waals surface area (Å²) in [5.74, 6) is 0.969. The third kappa shape index (κ3) is 7.62. The fourth-order valence-electron chi connectivity index (χ4n) is 4.24. The van der Waals surface area contributed by atoms with Gasteiger partial charge in [-0.2, -0.15) is 0 Å². The molecule has 0 spiro atoms. The van der Waals surface area contributed by atoms with E-state index in [4.69, 9.17) is 14.2 Å². The summed E-state index contributed by atoms with van der Waals surface area (Å²) >= 11 is 0. The number of methoxy groups -OCH3 is 1. The van der Waals surface area contributed by atoms with Crippen molar-refractivity contribution in [3.05, 3.63) is 0 Å². The number of hydrogen-bond donors (Lipinski definition) is 2. The number of carbonyl (C=O) groups excluding carboxylic acids is 1. The number of nitrogens with zero attached hydrogens (tertiary/aromatic N) is 2. The van der Waals surface area contributed by atoms with Crippen molar-refractivity contribution in [1.82, 2.24) is 15.5 Å². The van der Waals surface area contributed by atoms with Crippen LogP contribution >= 0.6 is 24.0 Å². The summed E-state index contributed by atoms with van der Waals surface area (Å²) in [6, 6.07) is 0.350. The molecule has 0 aromatic carbocycles. The second-order valence-electron chi connectivity index (χ2n) is 10.4. The molecule has 2 atom stereocenters. The number of likely N-dealkylation sites (tertiary alicyclic amines) is 1. The van der Waals surface area contributed by atoms with Crippen LogP contribution in [0.25, 0.3) is 0 Å². The van der Waals surface area contributed by atoms with E-state index in [1.807, 2.05) is 27.8 Å². The van der Waals surface area contributed by atoms with Crippen molar-refractivity contribution in [2.75, 3.05) is 40.4 Å². The number of hydrogen-bond acceptors (Lipinski definition) is 5. The van der Waals surface area contributed by atoms with Gasteiger partial charge in [0.2, 0.25) is 0 Å². The summed E-state index contributed by atoms with van der Waals surface area (Å²) in [7, 11) is 3.65. The van der Waals surface area contributed by atoms with Crippen LogP contribution in [-0.4, -0.2) is 80.7 Å². The Morgan fingerprint density at radius 3 is 2.31 bits per heavy atom. The number of amides is 1. The molecule has 0 aromatic rings. The van der Waals surface area contributed by atoms with Gasteiger partial charge in [-0.1, -0.05) is 13.8 Å². The van der Waals surface area contributed by atoms with Gasteiger partial charge in [0, 0.05) is 51.9 Å². The molecular weight excluding hydrogens is 523 g/mol. The normalized spacial score (nSPS) is 26.1. The second-order valence-corrected chi connectivity index (χ2v) is 10.4. The van der Waals surface area contributed by atoms with E-state index in [2.05, 4.69) is 41.3 Å². The molecule has 2 unspecified atom stereocenters. The number of piperidine rings is 1. The summed E-state index contributed by atoms with van der Waals surface area (Å²) in [6.07, 6.45) is 3.59. The molecule has 32 heavy (non-hydrogen) atoms. The molecule has 2 N–H and O–H groups in total. The predicted octanol–water partition coefficient (Wildman–Crippen LogP) is 3.78. The second kappa shape index (κ2) is 12.1. The number of carbonyl (C=O) groups is 1. The monoisotopic (exact) mass is 568 g/mol. The van der Waals surface area contributed by atoms with Crippen molar-refractivity contribution < 1.29 is 19.0 Å². The Balaban J connectivity index is 0.00000512. The van der Waals surface area contributed by atoms with E-state index < -0.39 is 5.60 Å². The van der Waals surface area contributed by atoms with E-state index in [1.165, 1.54) is 0 Å². The Labute approximate surface area is 211 Å². The summed E-state index contributed by atoms with van der Waals surface area (Å²) in [5, 5.41) is 6.43. The van der Waals surface area contributed by atoms with Gasteiger partial charge in [-0.15, -0.1) is 24.0 Å². The van der Waals surface area contributed by atoms with Crippen LogP contribution in [0, 0.1) is 5.41 Å². The van der Waals surface area contributed by atoms with E-state index in [-0.39, 0.29) is 47.2 Å². The van der Waals surface area contributed by atoms with Crippen LogP contribution in [0.1, 0.15) is 67.2 Å². The van der Waals surface area contributed by atoms with Gasteiger partial charge in [0.25, 0.3) is 0 Å². The summed E-state index contributed by atoms with van der Waals surface area (Å²) in [5.41, 5.74) is -0.517. The molecule has 9 heteroatoms. The van der Waals surface area contributed by atoms with Crippen LogP contribution in [0.3, 0.4) is 0 Å². The van der Waals surface area contributed by atoms with Gasteiger partial charge in [-0.25, -0.2) is 4.79 Å². The van der Waals surface area contributed by atoms with Crippen molar-refractivity contribution in [3.63, 3.8) is 0 Å².